The fraction of sp³-hybridized carbons (Fsp3) is 0.769. The Hall–Kier alpha value is -1.63. The van der Waals surface area contributed by atoms with Crippen molar-refractivity contribution in [2.75, 3.05) is 13.1 Å². The number of nitrogens with zero attached hydrogens (tertiary/aromatic N) is 1. The maximum Gasteiger partial charge on any atom is 0.325 e. The fourth-order valence-electron chi connectivity index (χ4n) is 1.91. The van der Waals surface area contributed by atoms with E-state index in [1.54, 1.807) is 13.8 Å². The molecule has 0 aliphatic carbocycles. The van der Waals surface area contributed by atoms with Crippen molar-refractivity contribution in [3.63, 3.8) is 0 Å². The molecule has 0 aromatic carbocycles. The molecule has 1 heterocycles. The zero-order chi connectivity index (χ0) is 15.3. The molecular formula is C13H23N3O4. The predicted octanol–water partition coefficient (Wildman–Crippen LogP) is -0.0159. The van der Waals surface area contributed by atoms with E-state index < -0.39 is 23.6 Å². The zero-order valence-corrected chi connectivity index (χ0v) is 12.2. The average Bonchev–Trinajstić information content (AvgIpc) is 2.63. The molecule has 1 fully saturated rings. The lowest BCUT2D eigenvalue weighted by atomic mass is 9.99. The van der Waals surface area contributed by atoms with Crippen LogP contribution in [0.2, 0.25) is 0 Å². The lowest BCUT2D eigenvalue weighted by Gasteiger charge is -2.19. The second kappa shape index (κ2) is 6.69. The van der Waals surface area contributed by atoms with E-state index in [1.165, 1.54) is 0 Å². The normalized spacial score (nSPS) is 23.7. The first kappa shape index (κ1) is 16.4. The number of hydrogen-bond acceptors (Lipinski definition) is 4. The van der Waals surface area contributed by atoms with Crippen LogP contribution in [0.5, 0.6) is 0 Å². The molecule has 7 nitrogen and oxygen atoms in total. The maximum atomic E-state index is 12.1. The van der Waals surface area contributed by atoms with Crippen molar-refractivity contribution in [1.82, 2.24) is 15.5 Å². The highest BCUT2D eigenvalue weighted by molar-refractivity contribution is 6.08. The van der Waals surface area contributed by atoms with Gasteiger partial charge in [-0.25, -0.2) is 4.79 Å². The van der Waals surface area contributed by atoms with E-state index in [4.69, 9.17) is 0 Å². The largest absolute Gasteiger partial charge is 0.393 e. The number of imide groups is 1. The Morgan fingerprint density at radius 2 is 2.10 bits per heavy atom. The van der Waals surface area contributed by atoms with E-state index >= 15 is 0 Å². The number of aliphatic hydroxyl groups excluding tert-OH is 1. The van der Waals surface area contributed by atoms with E-state index in [9.17, 15) is 19.5 Å². The van der Waals surface area contributed by atoms with Crippen LogP contribution < -0.4 is 10.6 Å². The van der Waals surface area contributed by atoms with Crippen LogP contribution in [0, 0.1) is 0 Å². The molecular weight excluding hydrogens is 262 g/mol. The van der Waals surface area contributed by atoms with Gasteiger partial charge in [0.05, 0.1) is 6.10 Å². The van der Waals surface area contributed by atoms with Gasteiger partial charge in [0.15, 0.2) is 0 Å². The smallest absolute Gasteiger partial charge is 0.325 e. The second-order valence-electron chi connectivity index (χ2n) is 5.21. The molecule has 1 aliphatic heterocycles. The monoisotopic (exact) mass is 285 g/mol. The molecule has 0 saturated carbocycles. The average molecular weight is 285 g/mol. The Labute approximate surface area is 118 Å². The number of rotatable bonds is 7. The number of nitrogens with one attached hydrogen (secondary N) is 2. The SMILES string of the molecule is CCC(O)CCNC(=O)CN1C(=O)NC(C)(CC)C1=O. The van der Waals surface area contributed by atoms with Gasteiger partial charge in [-0.1, -0.05) is 13.8 Å². The summed E-state index contributed by atoms with van der Waals surface area (Å²) in [6.45, 7) is 5.33. The van der Waals surface area contributed by atoms with E-state index in [-0.39, 0.29) is 12.5 Å². The van der Waals surface area contributed by atoms with Gasteiger partial charge in [0.1, 0.15) is 12.1 Å². The van der Waals surface area contributed by atoms with E-state index in [1.807, 2.05) is 6.92 Å². The summed E-state index contributed by atoms with van der Waals surface area (Å²) in [4.78, 5) is 36.4. The third-order valence-electron chi connectivity index (χ3n) is 3.62. The number of amides is 4. The van der Waals surface area contributed by atoms with Crippen LogP contribution in [0.1, 0.15) is 40.0 Å². The summed E-state index contributed by atoms with van der Waals surface area (Å²) in [5.74, 6) is -0.786. The number of aliphatic hydroxyl groups is 1. The highest BCUT2D eigenvalue weighted by Crippen LogP contribution is 2.20. The Balaban J connectivity index is 2.46. The Kier molecular flexibility index (Phi) is 5.50. The molecule has 2 atom stereocenters. The summed E-state index contributed by atoms with van der Waals surface area (Å²) in [6, 6.07) is -0.539. The van der Waals surface area contributed by atoms with Gasteiger partial charge >= 0.3 is 6.03 Å². The quantitative estimate of drug-likeness (QED) is 0.573. The topological polar surface area (TPSA) is 98.7 Å². The molecule has 1 aliphatic rings. The molecule has 0 spiro atoms. The van der Waals surface area contributed by atoms with Gasteiger partial charge in [-0.15, -0.1) is 0 Å². The molecule has 2 unspecified atom stereocenters. The highest BCUT2D eigenvalue weighted by Gasteiger charge is 2.46. The summed E-state index contributed by atoms with van der Waals surface area (Å²) >= 11 is 0. The van der Waals surface area contributed by atoms with E-state index in [0.717, 1.165) is 4.90 Å². The van der Waals surface area contributed by atoms with Gasteiger partial charge in [-0.2, -0.15) is 0 Å². The van der Waals surface area contributed by atoms with Gasteiger partial charge in [-0.05, 0) is 26.2 Å². The number of carbonyl (C=O) groups is 3. The van der Waals surface area contributed by atoms with Crippen molar-refractivity contribution < 1.29 is 19.5 Å². The third-order valence-corrected chi connectivity index (χ3v) is 3.62. The molecule has 114 valence electrons. The van der Waals surface area contributed by atoms with Crippen molar-refractivity contribution in [2.45, 2.75) is 51.7 Å². The van der Waals surface area contributed by atoms with E-state index in [2.05, 4.69) is 10.6 Å². The van der Waals surface area contributed by atoms with Gasteiger partial charge < -0.3 is 15.7 Å². The first-order valence-corrected chi connectivity index (χ1v) is 6.93. The van der Waals surface area contributed by atoms with Crippen LogP contribution >= 0.6 is 0 Å². The van der Waals surface area contributed by atoms with Crippen LogP contribution in [0.15, 0.2) is 0 Å². The Morgan fingerprint density at radius 3 is 2.60 bits per heavy atom. The molecule has 3 N–H and O–H groups in total. The van der Waals surface area contributed by atoms with Gasteiger partial charge in [0.25, 0.3) is 5.91 Å². The zero-order valence-electron chi connectivity index (χ0n) is 12.2. The van der Waals surface area contributed by atoms with Crippen LogP contribution in [-0.2, 0) is 9.59 Å². The molecule has 0 aromatic heterocycles. The molecule has 20 heavy (non-hydrogen) atoms. The first-order chi connectivity index (χ1) is 9.34. The van der Waals surface area contributed by atoms with Crippen LogP contribution in [-0.4, -0.2) is 52.6 Å². The summed E-state index contributed by atoms with van der Waals surface area (Å²) in [7, 11) is 0. The van der Waals surface area contributed by atoms with Crippen molar-refractivity contribution in [3.8, 4) is 0 Å². The summed E-state index contributed by atoms with van der Waals surface area (Å²) in [6.07, 6.45) is 1.10. The summed E-state index contributed by atoms with van der Waals surface area (Å²) in [5, 5.41) is 14.5. The molecule has 1 saturated heterocycles. The molecule has 4 amide bonds. The third kappa shape index (κ3) is 3.69. The van der Waals surface area contributed by atoms with Crippen LogP contribution in [0.25, 0.3) is 0 Å². The number of carbonyl (C=O) groups excluding carboxylic acids is 3. The fourth-order valence-corrected chi connectivity index (χ4v) is 1.91. The lowest BCUT2D eigenvalue weighted by Crippen LogP contribution is -2.44. The van der Waals surface area contributed by atoms with Crippen molar-refractivity contribution in [3.05, 3.63) is 0 Å². The van der Waals surface area contributed by atoms with Gasteiger partial charge in [0.2, 0.25) is 5.91 Å². The molecule has 0 aromatic rings. The summed E-state index contributed by atoms with van der Waals surface area (Å²) < 4.78 is 0. The number of urea groups is 1. The van der Waals surface area contributed by atoms with E-state index in [0.29, 0.717) is 25.8 Å². The van der Waals surface area contributed by atoms with Crippen molar-refractivity contribution in [2.24, 2.45) is 0 Å². The Bertz CT molecular complexity index is 399. The highest BCUT2D eigenvalue weighted by atomic mass is 16.3. The minimum absolute atomic E-state index is 0.289. The molecule has 0 bridgehead atoms. The number of hydrogen-bond donors (Lipinski definition) is 3. The molecule has 0 radical (unpaired) electrons. The standard InChI is InChI=1S/C13H23N3O4/c1-4-9(17)6-7-14-10(18)8-16-11(19)13(3,5-2)15-12(16)20/h9,17H,4-8H2,1-3H3,(H,14,18)(H,15,20). The molecule has 1 rings (SSSR count). The molecule has 7 heteroatoms. The van der Waals surface area contributed by atoms with Crippen LogP contribution in [0.4, 0.5) is 4.79 Å². The summed E-state index contributed by atoms with van der Waals surface area (Å²) in [5.41, 5.74) is -0.921. The van der Waals surface area contributed by atoms with Crippen molar-refractivity contribution in [1.29, 1.82) is 0 Å². The second-order valence-corrected chi connectivity index (χ2v) is 5.21. The lowest BCUT2D eigenvalue weighted by molar-refractivity contribution is -0.134. The van der Waals surface area contributed by atoms with Gasteiger partial charge in [-0.3, -0.25) is 14.5 Å². The van der Waals surface area contributed by atoms with Crippen molar-refractivity contribution >= 4 is 17.8 Å². The van der Waals surface area contributed by atoms with Crippen LogP contribution in [0.3, 0.4) is 0 Å². The minimum Gasteiger partial charge on any atom is -0.393 e. The minimum atomic E-state index is -0.921. The maximum absolute atomic E-state index is 12.1. The first-order valence-electron chi connectivity index (χ1n) is 6.93. The Morgan fingerprint density at radius 1 is 1.45 bits per heavy atom. The van der Waals surface area contributed by atoms with Gasteiger partial charge in [0, 0.05) is 6.54 Å². The predicted molar refractivity (Wildman–Crippen MR) is 72.9 cm³/mol.